The van der Waals surface area contributed by atoms with Crippen LogP contribution in [0.15, 0.2) is 91.0 Å². The Kier molecular flexibility index (Phi) is 11.9. The summed E-state index contributed by atoms with van der Waals surface area (Å²) in [5, 5.41) is 11.2. The van der Waals surface area contributed by atoms with Crippen LogP contribution < -0.4 is 26.0 Å². The molecule has 12 heteroatoms. The van der Waals surface area contributed by atoms with Crippen molar-refractivity contribution in [2.75, 3.05) is 37.3 Å². The second-order valence-electron chi connectivity index (χ2n) is 10.7. The summed E-state index contributed by atoms with van der Waals surface area (Å²) in [7, 11) is 4.00. The zero-order valence-electron chi connectivity index (χ0n) is 26.9. The van der Waals surface area contributed by atoms with Crippen LogP contribution in [-0.2, 0) is 25.5 Å². The van der Waals surface area contributed by atoms with Crippen LogP contribution in [-0.4, -0.2) is 51.1 Å². The van der Waals surface area contributed by atoms with E-state index in [0.29, 0.717) is 39.5 Å². The molecule has 0 bridgehead atoms. The van der Waals surface area contributed by atoms with Gasteiger partial charge in [0.2, 0.25) is 5.91 Å². The van der Waals surface area contributed by atoms with Crippen molar-refractivity contribution < 1.29 is 38.2 Å². The van der Waals surface area contributed by atoms with Gasteiger partial charge in [-0.3, -0.25) is 14.4 Å². The quantitative estimate of drug-likeness (QED) is 0.143. The highest BCUT2D eigenvalue weighted by Gasteiger charge is 2.21. The Balaban J connectivity index is 1.38. The molecular weight excluding hydrogens is 616 g/mol. The number of esters is 2. The van der Waals surface area contributed by atoms with Crippen molar-refractivity contribution >= 4 is 46.8 Å². The van der Waals surface area contributed by atoms with Gasteiger partial charge in [-0.1, -0.05) is 36.4 Å². The summed E-state index contributed by atoms with van der Waals surface area (Å²) < 4.78 is 15.0. The SMILES string of the molecule is COC(=O)CC(NC(=O)c1ccc(C(=O)OC)cc1)c1ccc(NC(=O)Cc2ccc(NC(=O)Nc3ccccc3C)c(OC)c2)cc1. The van der Waals surface area contributed by atoms with E-state index in [1.54, 1.807) is 48.5 Å². The summed E-state index contributed by atoms with van der Waals surface area (Å²) >= 11 is 0. The largest absolute Gasteiger partial charge is 0.495 e. The number of hydrogen-bond acceptors (Lipinski definition) is 8. The molecule has 0 spiro atoms. The predicted molar refractivity (Wildman–Crippen MR) is 180 cm³/mol. The normalized spacial score (nSPS) is 11.0. The maximum atomic E-state index is 13.0. The van der Waals surface area contributed by atoms with Crippen LogP contribution in [0.3, 0.4) is 0 Å². The number of methoxy groups -OCH3 is 3. The summed E-state index contributed by atoms with van der Waals surface area (Å²) in [6, 6.07) is 23.9. The first kappa shape index (κ1) is 34.7. The lowest BCUT2D eigenvalue weighted by atomic mass is 10.0. The van der Waals surface area contributed by atoms with Gasteiger partial charge in [0.15, 0.2) is 0 Å². The van der Waals surface area contributed by atoms with Crippen LogP contribution >= 0.6 is 0 Å². The molecule has 0 saturated heterocycles. The maximum absolute atomic E-state index is 13.0. The molecule has 4 rings (SSSR count). The fourth-order valence-electron chi connectivity index (χ4n) is 4.75. The molecule has 248 valence electrons. The van der Waals surface area contributed by atoms with Gasteiger partial charge in [0.05, 0.1) is 51.5 Å². The number of hydrogen-bond donors (Lipinski definition) is 4. The van der Waals surface area contributed by atoms with Crippen LogP contribution in [0.1, 0.15) is 49.9 Å². The van der Waals surface area contributed by atoms with Gasteiger partial charge >= 0.3 is 18.0 Å². The number of urea groups is 1. The second-order valence-corrected chi connectivity index (χ2v) is 10.7. The molecule has 0 heterocycles. The Morgan fingerprint density at radius 3 is 2.02 bits per heavy atom. The zero-order chi connectivity index (χ0) is 34.6. The number of ether oxygens (including phenoxy) is 3. The average molecular weight is 653 g/mol. The van der Waals surface area contributed by atoms with E-state index < -0.39 is 29.9 Å². The Morgan fingerprint density at radius 1 is 0.708 bits per heavy atom. The number of aryl methyl sites for hydroxylation is 1. The van der Waals surface area contributed by atoms with Crippen molar-refractivity contribution in [1.82, 2.24) is 5.32 Å². The first-order chi connectivity index (χ1) is 23.1. The minimum atomic E-state index is -0.728. The number of rotatable bonds is 12. The van der Waals surface area contributed by atoms with E-state index in [0.717, 1.165) is 5.56 Å². The Bertz CT molecular complexity index is 1790. The van der Waals surface area contributed by atoms with Crippen LogP contribution in [0.5, 0.6) is 5.75 Å². The molecule has 0 fully saturated rings. The lowest BCUT2D eigenvalue weighted by Gasteiger charge is -2.19. The highest BCUT2D eigenvalue weighted by Crippen LogP contribution is 2.27. The van der Waals surface area contributed by atoms with Crippen LogP contribution in [0.4, 0.5) is 21.9 Å². The minimum absolute atomic E-state index is 0.0313. The topological polar surface area (TPSA) is 161 Å². The number of carbonyl (C=O) groups is 5. The molecule has 0 radical (unpaired) electrons. The number of benzene rings is 4. The second kappa shape index (κ2) is 16.4. The van der Waals surface area contributed by atoms with Crippen molar-refractivity contribution in [3.63, 3.8) is 0 Å². The number of para-hydroxylation sites is 1. The van der Waals surface area contributed by atoms with Crippen molar-refractivity contribution in [1.29, 1.82) is 0 Å². The lowest BCUT2D eigenvalue weighted by Crippen LogP contribution is -2.30. The van der Waals surface area contributed by atoms with E-state index in [-0.39, 0.29) is 24.3 Å². The van der Waals surface area contributed by atoms with E-state index in [4.69, 9.17) is 9.47 Å². The first-order valence-corrected chi connectivity index (χ1v) is 14.9. The molecular formula is C36H36N4O8. The lowest BCUT2D eigenvalue weighted by molar-refractivity contribution is -0.141. The van der Waals surface area contributed by atoms with E-state index in [1.165, 1.54) is 45.6 Å². The first-order valence-electron chi connectivity index (χ1n) is 14.9. The summed E-state index contributed by atoms with van der Waals surface area (Å²) in [6.07, 6.45) is -0.0992. The summed E-state index contributed by atoms with van der Waals surface area (Å²) in [5.41, 5.74) is 4.39. The van der Waals surface area contributed by atoms with Crippen molar-refractivity contribution in [3.8, 4) is 5.75 Å². The highest BCUT2D eigenvalue weighted by atomic mass is 16.5. The monoisotopic (exact) mass is 652 g/mol. The zero-order valence-corrected chi connectivity index (χ0v) is 26.9. The van der Waals surface area contributed by atoms with Crippen LogP contribution in [0.25, 0.3) is 0 Å². The van der Waals surface area contributed by atoms with E-state index in [2.05, 4.69) is 26.0 Å². The van der Waals surface area contributed by atoms with Crippen molar-refractivity contribution in [2.45, 2.75) is 25.8 Å². The third-order valence-electron chi connectivity index (χ3n) is 7.34. The summed E-state index contributed by atoms with van der Waals surface area (Å²) in [6.45, 7) is 1.89. The highest BCUT2D eigenvalue weighted by molar-refractivity contribution is 6.01. The molecule has 4 N–H and O–H groups in total. The van der Waals surface area contributed by atoms with E-state index in [1.807, 2.05) is 25.1 Å². The molecule has 0 aliphatic carbocycles. The van der Waals surface area contributed by atoms with Gasteiger partial charge in [0.25, 0.3) is 5.91 Å². The Hall–Kier alpha value is -6.17. The van der Waals surface area contributed by atoms with Gasteiger partial charge in [-0.15, -0.1) is 0 Å². The number of amides is 4. The molecule has 4 amide bonds. The van der Waals surface area contributed by atoms with Crippen LogP contribution in [0.2, 0.25) is 0 Å². The fourth-order valence-corrected chi connectivity index (χ4v) is 4.75. The van der Waals surface area contributed by atoms with Crippen molar-refractivity contribution in [2.24, 2.45) is 0 Å². The summed E-state index contributed by atoms with van der Waals surface area (Å²) in [4.78, 5) is 62.3. The molecule has 12 nitrogen and oxygen atoms in total. The Labute approximate surface area is 277 Å². The number of carbonyl (C=O) groups excluding carboxylic acids is 5. The van der Waals surface area contributed by atoms with E-state index in [9.17, 15) is 24.0 Å². The smallest absolute Gasteiger partial charge is 0.337 e. The molecule has 4 aromatic carbocycles. The molecule has 0 aromatic heterocycles. The van der Waals surface area contributed by atoms with Crippen LogP contribution in [0, 0.1) is 6.92 Å². The third-order valence-corrected chi connectivity index (χ3v) is 7.34. The Morgan fingerprint density at radius 2 is 1.38 bits per heavy atom. The van der Waals surface area contributed by atoms with Gasteiger partial charge in [-0.2, -0.15) is 0 Å². The molecule has 1 atom stereocenters. The third kappa shape index (κ3) is 9.42. The maximum Gasteiger partial charge on any atom is 0.337 e. The fraction of sp³-hybridized carbons (Fsp3) is 0.194. The molecule has 4 aromatic rings. The van der Waals surface area contributed by atoms with Gasteiger partial charge in [-0.05, 0) is 78.2 Å². The molecule has 1 unspecified atom stereocenters. The number of nitrogens with one attached hydrogen (secondary N) is 4. The predicted octanol–water partition coefficient (Wildman–Crippen LogP) is 5.65. The van der Waals surface area contributed by atoms with Gasteiger partial charge < -0.3 is 35.5 Å². The average Bonchev–Trinajstić information content (AvgIpc) is 3.09. The molecule has 0 aliphatic rings. The standard InChI is InChI=1S/C36H36N4O8/c1-22-7-5-6-8-28(22)39-36(45)40-29-18-9-23(19-31(29)46-2)20-32(41)37-27-16-14-24(15-17-27)30(21-33(42)47-3)38-34(43)25-10-12-26(13-11-25)35(44)48-4/h5-19,30H,20-21H2,1-4H3,(H,37,41)(H,38,43)(H2,39,40,45). The summed E-state index contributed by atoms with van der Waals surface area (Å²) in [5.74, 6) is -1.41. The molecule has 48 heavy (non-hydrogen) atoms. The number of anilines is 3. The van der Waals surface area contributed by atoms with Crippen molar-refractivity contribution in [3.05, 3.63) is 119 Å². The van der Waals surface area contributed by atoms with Gasteiger partial charge in [0.1, 0.15) is 5.75 Å². The minimum Gasteiger partial charge on any atom is -0.495 e. The van der Waals surface area contributed by atoms with Gasteiger partial charge in [-0.25, -0.2) is 9.59 Å². The van der Waals surface area contributed by atoms with E-state index >= 15 is 0 Å². The van der Waals surface area contributed by atoms with Gasteiger partial charge in [0, 0.05) is 16.9 Å². The molecule has 0 saturated carbocycles. The molecule has 0 aliphatic heterocycles.